The zero-order chi connectivity index (χ0) is 11.3. The fourth-order valence-electron chi connectivity index (χ4n) is 1.15. The van der Waals surface area contributed by atoms with Gasteiger partial charge in [0.25, 0.3) is 0 Å². The van der Waals surface area contributed by atoms with E-state index in [4.69, 9.17) is 14.7 Å². The highest BCUT2D eigenvalue weighted by atomic mass is 16.5. The summed E-state index contributed by atoms with van der Waals surface area (Å²) < 4.78 is 9.84. The lowest BCUT2D eigenvalue weighted by Gasteiger charge is -2.06. The van der Waals surface area contributed by atoms with Gasteiger partial charge in [0.05, 0.1) is 12.2 Å². The van der Waals surface area contributed by atoms with E-state index in [1.165, 1.54) is 6.92 Å². The molecule has 78 valence electrons. The summed E-state index contributed by atoms with van der Waals surface area (Å²) in [6, 6.07) is 6.94. The number of hydrogen-bond donors (Lipinski definition) is 0. The number of carbonyl (C=O) groups excluding carboxylic acids is 1. The molecule has 0 saturated carbocycles. The van der Waals surface area contributed by atoms with E-state index in [0.717, 1.165) is 5.56 Å². The van der Waals surface area contributed by atoms with Gasteiger partial charge in [0, 0.05) is 14.0 Å². The first kappa shape index (κ1) is 11.2. The SMILES string of the molecule is COCc1ccc(C#N)c(OC(C)=O)c1. The maximum absolute atomic E-state index is 10.8. The summed E-state index contributed by atoms with van der Waals surface area (Å²) in [5, 5.41) is 8.78. The van der Waals surface area contributed by atoms with Gasteiger partial charge in [-0.15, -0.1) is 0 Å². The van der Waals surface area contributed by atoms with Crippen molar-refractivity contribution < 1.29 is 14.3 Å². The van der Waals surface area contributed by atoms with Gasteiger partial charge in [0.15, 0.2) is 0 Å². The minimum atomic E-state index is -0.443. The molecule has 0 radical (unpaired) electrons. The third-order valence-corrected chi connectivity index (χ3v) is 1.73. The molecule has 0 spiro atoms. The van der Waals surface area contributed by atoms with Gasteiger partial charge < -0.3 is 9.47 Å². The normalized spacial score (nSPS) is 9.40. The Hall–Kier alpha value is -1.86. The molecule has 0 aliphatic carbocycles. The predicted molar refractivity (Wildman–Crippen MR) is 53.2 cm³/mol. The lowest BCUT2D eigenvalue weighted by molar-refractivity contribution is -0.131. The Morgan fingerprint density at radius 2 is 2.27 bits per heavy atom. The monoisotopic (exact) mass is 205 g/mol. The molecule has 1 rings (SSSR count). The number of hydrogen-bond acceptors (Lipinski definition) is 4. The van der Waals surface area contributed by atoms with Gasteiger partial charge in [0.1, 0.15) is 11.8 Å². The largest absolute Gasteiger partial charge is 0.425 e. The number of benzene rings is 1. The van der Waals surface area contributed by atoms with E-state index in [9.17, 15) is 4.79 Å². The van der Waals surface area contributed by atoms with E-state index in [1.807, 2.05) is 6.07 Å². The van der Waals surface area contributed by atoms with Crippen LogP contribution in [-0.2, 0) is 16.1 Å². The lowest BCUT2D eigenvalue weighted by Crippen LogP contribution is -2.03. The van der Waals surface area contributed by atoms with Crippen LogP contribution in [0.15, 0.2) is 18.2 Å². The first-order valence-corrected chi connectivity index (χ1v) is 4.37. The average Bonchev–Trinajstić information content (AvgIpc) is 2.18. The molecule has 4 nitrogen and oxygen atoms in total. The number of rotatable bonds is 3. The Balaban J connectivity index is 3.03. The summed E-state index contributed by atoms with van der Waals surface area (Å²) in [5.74, 6) is -0.166. The summed E-state index contributed by atoms with van der Waals surface area (Å²) >= 11 is 0. The Morgan fingerprint density at radius 3 is 2.80 bits per heavy atom. The summed E-state index contributed by atoms with van der Waals surface area (Å²) in [7, 11) is 1.57. The van der Waals surface area contributed by atoms with Gasteiger partial charge >= 0.3 is 5.97 Å². The molecule has 0 fully saturated rings. The van der Waals surface area contributed by atoms with E-state index in [2.05, 4.69) is 0 Å². The van der Waals surface area contributed by atoms with Crippen molar-refractivity contribution in [2.24, 2.45) is 0 Å². The van der Waals surface area contributed by atoms with Crippen LogP contribution >= 0.6 is 0 Å². The molecule has 0 amide bonds. The van der Waals surface area contributed by atoms with Crippen molar-refractivity contribution in [2.45, 2.75) is 13.5 Å². The van der Waals surface area contributed by atoms with Crippen LogP contribution in [0.5, 0.6) is 5.75 Å². The predicted octanol–water partition coefficient (Wildman–Crippen LogP) is 1.63. The van der Waals surface area contributed by atoms with E-state index >= 15 is 0 Å². The van der Waals surface area contributed by atoms with E-state index in [0.29, 0.717) is 12.2 Å². The molecule has 0 heterocycles. The summed E-state index contributed by atoms with van der Waals surface area (Å²) in [6.07, 6.45) is 0. The van der Waals surface area contributed by atoms with Crippen molar-refractivity contribution in [3.63, 3.8) is 0 Å². The van der Waals surface area contributed by atoms with Gasteiger partial charge in [-0.3, -0.25) is 4.79 Å². The first-order chi connectivity index (χ1) is 7.17. The highest BCUT2D eigenvalue weighted by Gasteiger charge is 2.06. The van der Waals surface area contributed by atoms with Crippen LogP contribution in [0, 0.1) is 11.3 Å². The summed E-state index contributed by atoms with van der Waals surface area (Å²) in [6.45, 7) is 1.71. The maximum Gasteiger partial charge on any atom is 0.308 e. The quantitative estimate of drug-likeness (QED) is 0.555. The molecule has 0 aromatic heterocycles. The second-order valence-electron chi connectivity index (χ2n) is 2.97. The Morgan fingerprint density at radius 1 is 1.53 bits per heavy atom. The second kappa shape index (κ2) is 5.13. The Bertz CT molecular complexity index is 407. The van der Waals surface area contributed by atoms with Crippen LogP contribution in [0.4, 0.5) is 0 Å². The molecule has 0 bridgehead atoms. The second-order valence-corrected chi connectivity index (χ2v) is 2.97. The molecule has 0 atom stereocenters. The number of ether oxygens (including phenoxy) is 2. The Kier molecular flexibility index (Phi) is 3.83. The van der Waals surface area contributed by atoms with E-state index < -0.39 is 5.97 Å². The molecule has 0 saturated heterocycles. The molecule has 1 aromatic carbocycles. The molecular weight excluding hydrogens is 194 g/mol. The van der Waals surface area contributed by atoms with Crippen molar-refractivity contribution in [1.82, 2.24) is 0 Å². The van der Waals surface area contributed by atoms with Gasteiger partial charge in [0.2, 0.25) is 0 Å². The smallest absolute Gasteiger partial charge is 0.308 e. The van der Waals surface area contributed by atoms with Crippen LogP contribution in [0.3, 0.4) is 0 Å². The van der Waals surface area contributed by atoms with Gasteiger partial charge in [-0.2, -0.15) is 5.26 Å². The Labute approximate surface area is 88.0 Å². The average molecular weight is 205 g/mol. The third kappa shape index (κ3) is 3.08. The summed E-state index contributed by atoms with van der Waals surface area (Å²) in [4.78, 5) is 10.8. The highest BCUT2D eigenvalue weighted by molar-refractivity contribution is 5.70. The molecule has 0 aliphatic heterocycles. The molecule has 15 heavy (non-hydrogen) atoms. The van der Waals surface area contributed by atoms with Crippen molar-refractivity contribution >= 4 is 5.97 Å². The first-order valence-electron chi connectivity index (χ1n) is 4.37. The minimum absolute atomic E-state index is 0.277. The number of nitrogens with zero attached hydrogens (tertiary/aromatic N) is 1. The fourth-order valence-corrected chi connectivity index (χ4v) is 1.15. The van der Waals surface area contributed by atoms with Crippen molar-refractivity contribution in [3.05, 3.63) is 29.3 Å². The van der Waals surface area contributed by atoms with Gasteiger partial charge in [-0.1, -0.05) is 6.07 Å². The number of esters is 1. The lowest BCUT2D eigenvalue weighted by atomic mass is 10.1. The number of methoxy groups -OCH3 is 1. The van der Waals surface area contributed by atoms with Crippen LogP contribution in [0.1, 0.15) is 18.1 Å². The van der Waals surface area contributed by atoms with Gasteiger partial charge in [-0.05, 0) is 17.7 Å². The van der Waals surface area contributed by atoms with Gasteiger partial charge in [-0.25, -0.2) is 0 Å². The van der Waals surface area contributed by atoms with Crippen molar-refractivity contribution in [2.75, 3.05) is 7.11 Å². The van der Waals surface area contributed by atoms with Crippen molar-refractivity contribution in [3.8, 4) is 11.8 Å². The molecule has 1 aromatic rings. The molecular formula is C11H11NO3. The summed E-state index contributed by atoms with van der Waals surface area (Å²) in [5.41, 5.74) is 1.19. The molecule has 0 unspecified atom stereocenters. The van der Waals surface area contributed by atoms with Crippen molar-refractivity contribution in [1.29, 1.82) is 5.26 Å². The van der Waals surface area contributed by atoms with Crippen LogP contribution in [0.25, 0.3) is 0 Å². The zero-order valence-electron chi connectivity index (χ0n) is 8.61. The molecule has 0 N–H and O–H groups in total. The zero-order valence-corrected chi connectivity index (χ0v) is 8.61. The fraction of sp³-hybridized carbons (Fsp3) is 0.273. The molecule has 0 aliphatic rings. The highest BCUT2D eigenvalue weighted by Crippen LogP contribution is 2.20. The minimum Gasteiger partial charge on any atom is -0.425 e. The van der Waals surface area contributed by atoms with E-state index in [-0.39, 0.29) is 5.75 Å². The molecule has 4 heteroatoms. The number of nitriles is 1. The standard InChI is InChI=1S/C11H11NO3/c1-8(13)15-11-5-9(7-14-2)3-4-10(11)6-12/h3-5H,7H2,1-2H3. The van der Waals surface area contributed by atoms with E-state index in [1.54, 1.807) is 25.3 Å². The van der Waals surface area contributed by atoms with Crippen LogP contribution in [-0.4, -0.2) is 13.1 Å². The number of carbonyl (C=O) groups is 1. The topological polar surface area (TPSA) is 59.3 Å². The third-order valence-electron chi connectivity index (χ3n) is 1.73. The van der Waals surface area contributed by atoms with Crippen LogP contribution in [0.2, 0.25) is 0 Å². The maximum atomic E-state index is 10.8. The van der Waals surface area contributed by atoms with Crippen LogP contribution < -0.4 is 4.74 Å².